The Hall–Kier alpha value is -1.61. The lowest BCUT2D eigenvalue weighted by atomic mass is 9.98. The van der Waals surface area contributed by atoms with Crippen molar-refractivity contribution in [1.29, 1.82) is 0 Å². The van der Waals surface area contributed by atoms with Crippen LogP contribution in [0.15, 0.2) is 53.0 Å². The van der Waals surface area contributed by atoms with Crippen molar-refractivity contribution in [3.05, 3.63) is 69.7 Å². The van der Waals surface area contributed by atoms with E-state index in [4.69, 9.17) is 5.11 Å². The predicted octanol–water partition coefficient (Wildman–Crippen LogP) is 4.23. The fourth-order valence-corrected chi connectivity index (χ4v) is 2.40. The Morgan fingerprint density at radius 1 is 1.16 bits per heavy atom. The van der Waals surface area contributed by atoms with Crippen LogP contribution >= 0.6 is 15.9 Å². The molecule has 3 heteroatoms. The number of carboxylic acid groups (broad SMARTS) is 1. The molecule has 0 aromatic heterocycles. The molecule has 0 saturated carbocycles. The Labute approximate surface area is 121 Å². The van der Waals surface area contributed by atoms with Crippen LogP contribution < -0.4 is 0 Å². The summed E-state index contributed by atoms with van der Waals surface area (Å²) in [4.78, 5) is 10.9. The second-order valence-electron chi connectivity index (χ2n) is 4.61. The van der Waals surface area contributed by atoms with Gasteiger partial charge in [0.05, 0.1) is 5.92 Å². The summed E-state index contributed by atoms with van der Waals surface area (Å²) >= 11 is 3.46. The smallest absolute Gasteiger partial charge is 0.310 e. The maximum Gasteiger partial charge on any atom is 0.310 e. The van der Waals surface area contributed by atoms with E-state index >= 15 is 0 Å². The van der Waals surface area contributed by atoms with E-state index in [-0.39, 0.29) is 0 Å². The Balaban J connectivity index is 2.13. The van der Waals surface area contributed by atoms with Crippen LogP contribution in [0.1, 0.15) is 29.5 Å². The van der Waals surface area contributed by atoms with Gasteiger partial charge in [0.2, 0.25) is 0 Å². The minimum absolute atomic E-state index is 0.458. The Morgan fingerprint density at radius 3 is 2.42 bits per heavy atom. The van der Waals surface area contributed by atoms with Crippen LogP contribution in [-0.2, 0) is 11.2 Å². The lowest BCUT2D eigenvalue weighted by Crippen LogP contribution is -2.07. The zero-order chi connectivity index (χ0) is 13.8. The third kappa shape index (κ3) is 3.67. The molecule has 1 N–H and O–H groups in total. The number of benzene rings is 2. The highest BCUT2D eigenvalue weighted by Gasteiger charge is 2.12. The molecule has 2 rings (SSSR count). The average Bonchev–Trinajstić information content (AvgIpc) is 2.39. The van der Waals surface area contributed by atoms with Gasteiger partial charge in [-0.2, -0.15) is 0 Å². The maximum atomic E-state index is 10.9. The van der Waals surface area contributed by atoms with Gasteiger partial charge in [-0.1, -0.05) is 52.3 Å². The first-order valence-corrected chi connectivity index (χ1v) is 6.91. The lowest BCUT2D eigenvalue weighted by Gasteiger charge is -2.08. The molecule has 1 atom stereocenters. The summed E-state index contributed by atoms with van der Waals surface area (Å²) in [6.45, 7) is 1.70. The van der Waals surface area contributed by atoms with Crippen molar-refractivity contribution in [3.63, 3.8) is 0 Å². The van der Waals surface area contributed by atoms with Crippen LogP contribution in [0, 0.1) is 0 Å². The summed E-state index contributed by atoms with van der Waals surface area (Å²) in [5.41, 5.74) is 3.25. The van der Waals surface area contributed by atoms with E-state index in [2.05, 4.69) is 28.1 Å². The summed E-state index contributed by atoms with van der Waals surface area (Å²) in [6, 6.07) is 16.0. The SMILES string of the molecule is CC(C(=O)O)c1ccc(Cc2cccc(Br)c2)cc1. The van der Waals surface area contributed by atoms with E-state index in [0.29, 0.717) is 0 Å². The van der Waals surface area contributed by atoms with Gasteiger partial charge in [-0.15, -0.1) is 0 Å². The molecule has 2 aromatic carbocycles. The summed E-state index contributed by atoms with van der Waals surface area (Å²) in [6.07, 6.45) is 0.848. The molecular formula is C16H15BrO2. The first kappa shape index (κ1) is 13.8. The fraction of sp³-hybridized carbons (Fsp3) is 0.188. The van der Waals surface area contributed by atoms with Gasteiger partial charge in [0.1, 0.15) is 0 Å². The topological polar surface area (TPSA) is 37.3 Å². The minimum Gasteiger partial charge on any atom is -0.481 e. The number of hydrogen-bond acceptors (Lipinski definition) is 1. The van der Waals surface area contributed by atoms with Gasteiger partial charge in [-0.3, -0.25) is 4.79 Å². The van der Waals surface area contributed by atoms with Gasteiger partial charge in [0, 0.05) is 4.47 Å². The van der Waals surface area contributed by atoms with Crippen molar-refractivity contribution in [2.75, 3.05) is 0 Å². The zero-order valence-corrected chi connectivity index (χ0v) is 12.2. The maximum absolute atomic E-state index is 10.9. The molecule has 0 aliphatic carbocycles. The van der Waals surface area contributed by atoms with Crippen molar-refractivity contribution in [2.45, 2.75) is 19.3 Å². The van der Waals surface area contributed by atoms with Gasteiger partial charge >= 0.3 is 5.97 Å². The van der Waals surface area contributed by atoms with E-state index in [0.717, 1.165) is 16.5 Å². The van der Waals surface area contributed by atoms with Gasteiger partial charge < -0.3 is 5.11 Å². The van der Waals surface area contributed by atoms with Gasteiger partial charge in [-0.25, -0.2) is 0 Å². The van der Waals surface area contributed by atoms with Crippen LogP contribution in [0.2, 0.25) is 0 Å². The summed E-state index contributed by atoms with van der Waals surface area (Å²) in [5, 5.41) is 8.97. The molecule has 0 heterocycles. The monoisotopic (exact) mass is 318 g/mol. The summed E-state index contributed by atoms with van der Waals surface area (Å²) in [5.74, 6) is -1.25. The first-order chi connectivity index (χ1) is 9.06. The van der Waals surface area contributed by atoms with E-state index in [9.17, 15) is 4.79 Å². The quantitative estimate of drug-likeness (QED) is 0.916. The molecule has 0 radical (unpaired) electrons. The molecule has 0 fully saturated rings. The normalized spacial score (nSPS) is 12.1. The lowest BCUT2D eigenvalue weighted by molar-refractivity contribution is -0.138. The van der Waals surface area contributed by atoms with Gasteiger partial charge in [-0.05, 0) is 42.2 Å². The highest BCUT2D eigenvalue weighted by atomic mass is 79.9. The molecule has 0 aliphatic rings. The van der Waals surface area contributed by atoms with Gasteiger partial charge in [0.25, 0.3) is 0 Å². The number of halogens is 1. The Kier molecular flexibility index (Phi) is 4.38. The molecule has 1 unspecified atom stereocenters. The number of aliphatic carboxylic acids is 1. The number of carbonyl (C=O) groups is 1. The number of carboxylic acids is 1. The third-order valence-electron chi connectivity index (χ3n) is 3.15. The highest BCUT2D eigenvalue weighted by molar-refractivity contribution is 9.10. The van der Waals surface area contributed by atoms with Crippen LogP contribution in [0.5, 0.6) is 0 Å². The molecule has 0 bridgehead atoms. The molecule has 0 aliphatic heterocycles. The molecule has 0 saturated heterocycles. The van der Waals surface area contributed by atoms with Crippen LogP contribution in [-0.4, -0.2) is 11.1 Å². The molecule has 2 aromatic rings. The average molecular weight is 319 g/mol. The second-order valence-corrected chi connectivity index (χ2v) is 5.52. The molecule has 2 nitrogen and oxygen atoms in total. The standard InChI is InChI=1S/C16H15BrO2/c1-11(16(18)19)14-7-5-12(6-8-14)9-13-3-2-4-15(17)10-13/h2-8,10-11H,9H2,1H3,(H,18,19). The summed E-state index contributed by atoms with van der Waals surface area (Å²) < 4.78 is 1.07. The fourth-order valence-electron chi connectivity index (χ4n) is 1.95. The van der Waals surface area contributed by atoms with E-state index in [1.165, 1.54) is 11.1 Å². The van der Waals surface area contributed by atoms with Crippen LogP contribution in [0.25, 0.3) is 0 Å². The molecule has 0 amide bonds. The van der Waals surface area contributed by atoms with Crippen molar-refractivity contribution < 1.29 is 9.90 Å². The highest BCUT2D eigenvalue weighted by Crippen LogP contribution is 2.19. The first-order valence-electron chi connectivity index (χ1n) is 6.12. The molecule has 98 valence electrons. The van der Waals surface area contributed by atoms with Crippen molar-refractivity contribution >= 4 is 21.9 Å². The van der Waals surface area contributed by atoms with Crippen LogP contribution in [0.4, 0.5) is 0 Å². The third-order valence-corrected chi connectivity index (χ3v) is 3.64. The minimum atomic E-state index is -0.792. The van der Waals surface area contributed by atoms with Crippen molar-refractivity contribution in [1.82, 2.24) is 0 Å². The Morgan fingerprint density at radius 2 is 1.84 bits per heavy atom. The molecule has 0 spiro atoms. The van der Waals surface area contributed by atoms with E-state index < -0.39 is 11.9 Å². The summed E-state index contributed by atoms with van der Waals surface area (Å²) in [7, 11) is 0. The van der Waals surface area contributed by atoms with Crippen molar-refractivity contribution in [2.24, 2.45) is 0 Å². The van der Waals surface area contributed by atoms with Gasteiger partial charge in [0.15, 0.2) is 0 Å². The predicted molar refractivity (Wildman–Crippen MR) is 79.4 cm³/mol. The van der Waals surface area contributed by atoms with Crippen molar-refractivity contribution in [3.8, 4) is 0 Å². The van der Waals surface area contributed by atoms with Crippen LogP contribution in [0.3, 0.4) is 0 Å². The second kappa shape index (κ2) is 6.02. The largest absolute Gasteiger partial charge is 0.481 e. The Bertz CT molecular complexity index is 576. The molecular weight excluding hydrogens is 304 g/mol. The zero-order valence-electron chi connectivity index (χ0n) is 10.6. The van der Waals surface area contributed by atoms with E-state index in [1.54, 1.807) is 6.92 Å². The number of rotatable bonds is 4. The van der Waals surface area contributed by atoms with E-state index in [1.807, 2.05) is 36.4 Å². The molecule has 19 heavy (non-hydrogen) atoms. The number of hydrogen-bond donors (Lipinski definition) is 1.